The molecule has 0 aromatic heterocycles. The molecular formula is C15H30N2O3. The smallest absolute Gasteiger partial charge is 0.410 e. The van der Waals surface area contributed by atoms with Crippen molar-refractivity contribution in [3.63, 3.8) is 0 Å². The van der Waals surface area contributed by atoms with Crippen LogP contribution < -0.4 is 5.32 Å². The second kappa shape index (κ2) is 7.27. The lowest BCUT2D eigenvalue weighted by Gasteiger charge is -2.35. The molecule has 20 heavy (non-hydrogen) atoms. The van der Waals surface area contributed by atoms with Crippen molar-refractivity contribution in [2.75, 3.05) is 19.7 Å². The minimum atomic E-state index is -0.433. The highest BCUT2D eigenvalue weighted by Crippen LogP contribution is 2.16. The third-order valence-corrected chi connectivity index (χ3v) is 3.79. The van der Waals surface area contributed by atoms with Gasteiger partial charge in [0.05, 0.1) is 0 Å². The van der Waals surface area contributed by atoms with Crippen LogP contribution in [0.2, 0.25) is 0 Å². The number of amides is 1. The summed E-state index contributed by atoms with van der Waals surface area (Å²) in [6.07, 6.45) is 1.65. The van der Waals surface area contributed by atoms with Gasteiger partial charge in [0, 0.05) is 31.8 Å². The third-order valence-electron chi connectivity index (χ3n) is 3.79. The quantitative estimate of drug-likeness (QED) is 0.829. The molecule has 0 aromatic carbocycles. The van der Waals surface area contributed by atoms with E-state index >= 15 is 0 Å². The maximum Gasteiger partial charge on any atom is 0.410 e. The number of aliphatic hydroxyl groups excluding tert-OH is 1. The molecule has 0 bridgehead atoms. The van der Waals surface area contributed by atoms with E-state index in [9.17, 15) is 4.79 Å². The van der Waals surface area contributed by atoms with Crippen molar-refractivity contribution in [1.82, 2.24) is 10.2 Å². The number of aliphatic hydroxyl groups is 1. The standard InChI is InChI=1S/C15H30N2O3/c1-11(10-18)12(2)16-13-6-8-17(9-7-13)14(19)20-15(3,4)5/h11-13,16,18H,6-10H2,1-5H3. The molecule has 1 heterocycles. The second-order valence-corrected chi connectivity index (χ2v) is 6.86. The van der Waals surface area contributed by atoms with Crippen LogP contribution >= 0.6 is 0 Å². The van der Waals surface area contributed by atoms with Crippen LogP contribution in [-0.2, 0) is 4.74 Å². The van der Waals surface area contributed by atoms with Crippen LogP contribution in [0, 0.1) is 5.92 Å². The van der Waals surface area contributed by atoms with E-state index in [2.05, 4.69) is 12.2 Å². The lowest BCUT2D eigenvalue weighted by molar-refractivity contribution is 0.0193. The average molecular weight is 286 g/mol. The van der Waals surface area contributed by atoms with Crippen LogP contribution in [0.5, 0.6) is 0 Å². The van der Waals surface area contributed by atoms with Crippen LogP contribution in [0.3, 0.4) is 0 Å². The summed E-state index contributed by atoms with van der Waals surface area (Å²) in [5.74, 6) is 0.249. The Balaban J connectivity index is 2.35. The molecule has 0 aliphatic carbocycles. The molecule has 2 unspecified atom stereocenters. The predicted octanol–water partition coefficient (Wildman–Crippen LogP) is 1.99. The number of carbonyl (C=O) groups excluding carboxylic acids is 1. The summed E-state index contributed by atoms with van der Waals surface area (Å²) in [6.45, 7) is 11.4. The summed E-state index contributed by atoms with van der Waals surface area (Å²) in [4.78, 5) is 13.7. The number of rotatable bonds is 4. The highest BCUT2D eigenvalue weighted by molar-refractivity contribution is 5.68. The van der Waals surface area contributed by atoms with Crippen molar-refractivity contribution in [3.8, 4) is 0 Å². The zero-order valence-corrected chi connectivity index (χ0v) is 13.5. The van der Waals surface area contributed by atoms with Gasteiger partial charge in [-0.1, -0.05) is 6.92 Å². The van der Waals surface area contributed by atoms with Gasteiger partial charge < -0.3 is 20.1 Å². The van der Waals surface area contributed by atoms with Crippen molar-refractivity contribution in [1.29, 1.82) is 0 Å². The van der Waals surface area contributed by atoms with Crippen LogP contribution in [0.1, 0.15) is 47.5 Å². The Bertz CT molecular complexity index is 307. The number of nitrogens with zero attached hydrogens (tertiary/aromatic N) is 1. The molecule has 1 aliphatic rings. The van der Waals surface area contributed by atoms with Gasteiger partial charge >= 0.3 is 6.09 Å². The molecule has 0 aromatic rings. The molecule has 0 radical (unpaired) electrons. The Morgan fingerprint density at radius 2 is 1.90 bits per heavy atom. The predicted molar refractivity (Wildman–Crippen MR) is 79.7 cm³/mol. The monoisotopic (exact) mass is 286 g/mol. The lowest BCUT2D eigenvalue weighted by Crippen LogP contribution is -2.49. The second-order valence-electron chi connectivity index (χ2n) is 6.86. The molecule has 2 N–H and O–H groups in total. The molecule has 5 nitrogen and oxygen atoms in total. The SMILES string of the molecule is CC(CO)C(C)NC1CCN(C(=O)OC(C)(C)C)CC1. The van der Waals surface area contributed by atoms with Gasteiger partial charge in [0.15, 0.2) is 0 Å². The van der Waals surface area contributed by atoms with Gasteiger partial charge in [-0.3, -0.25) is 0 Å². The molecule has 2 atom stereocenters. The molecule has 1 aliphatic heterocycles. The minimum absolute atomic E-state index is 0.199. The topological polar surface area (TPSA) is 61.8 Å². The van der Waals surface area contributed by atoms with Crippen molar-refractivity contribution in [3.05, 3.63) is 0 Å². The molecule has 1 rings (SSSR count). The number of piperidine rings is 1. The Morgan fingerprint density at radius 3 is 2.35 bits per heavy atom. The maximum absolute atomic E-state index is 11.9. The summed E-state index contributed by atoms with van der Waals surface area (Å²) in [7, 11) is 0. The van der Waals surface area contributed by atoms with Crippen LogP contribution in [0.15, 0.2) is 0 Å². The van der Waals surface area contributed by atoms with E-state index in [1.165, 1.54) is 0 Å². The van der Waals surface area contributed by atoms with Crippen LogP contribution in [0.4, 0.5) is 4.79 Å². The average Bonchev–Trinajstić information content (AvgIpc) is 2.36. The van der Waals surface area contributed by atoms with Crippen molar-refractivity contribution < 1.29 is 14.6 Å². The van der Waals surface area contributed by atoms with Gasteiger partial charge in [-0.2, -0.15) is 0 Å². The minimum Gasteiger partial charge on any atom is -0.444 e. The largest absolute Gasteiger partial charge is 0.444 e. The van der Waals surface area contributed by atoms with Gasteiger partial charge in [0.2, 0.25) is 0 Å². The van der Waals surface area contributed by atoms with E-state index in [-0.39, 0.29) is 24.7 Å². The Kier molecular flexibility index (Phi) is 6.27. The number of hydrogen-bond acceptors (Lipinski definition) is 4. The first-order valence-corrected chi connectivity index (χ1v) is 7.57. The van der Waals surface area contributed by atoms with E-state index in [0.717, 1.165) is 25.9 Å². The van der Waals surface area contributed by atoms with Gasteiger partial charge in [0.25, 0.3) is 0 Å². The summed E-state index contributed by atoms with van der Waals surface area (Å²) in [5, 5.41) is 12.7. The third kappa shape index (κ3) is 5.67. The van der Waals surface area contributed by atoms with E-state index in [1.54, 1.807) is 4.90 Å². The first-order valence-electron chi connectivity index (χ1n) is 7.57. The molecule has 0 spiro atoms. The Labute approximate surface area is 122 Å². The van der Waals surface area contributed by atoms with Gasteiger partial charge in [-0.15, -0.1) is 0 Å². The molecule has 118 valence electrons. The fourth-order valence-electron chi connectivity index (χ4n) is 2.25. The highest BCUT2D eigenvalue weighted by atomic mass is 16.6. The first kappa shape index (κ1) is 17.2. The lowest BCUT2D eigenvalue weighted by atomic mass is 10.00. The van der Waals surface area contributed by atoms with Crippen molar-refractivity contribution in [2.24, 2.45) is 5.92 Å². The Morgan fingerprint density at radius 1 is 1.35 bits per heavy atom. The van der Waals surface area contributed by atoms with Gasteiger partial charge in [-0.25, -0.2) is 4.79 Å². The summed E-state index contributed by atoms with van der Waals surface area (Å²) in [6, 6.07) is 0.704. The number of likely N-dealkylation sites (tertiary alicyclic amines) is 1. The first-order chi connectivity index (χ1) is 9.23. The van der Waals surface area contributed by atoms with E-state index in [4.69, 9.17) is 9.84 Å². The highest BCUT2D eigenvalue weighted by Gasteiger charge is 2.27. The number of carbonyl (C=O) groups is 1. The maximum atomic E-state index is 11.9. The number of hydrogen-bond donors (Lipinski definition) is 2. The van der Waals surface area contributed by atoms with Gasteiger partial charge in [0.1, 0.15) is 5.60 Å². The number of ether oxygens (including phenoxy) is 1. The zero-order valence-electron chi connectivity index (χ0n) is 13.5. The fourth-order valence-corrected chi connectivity index (χ4v) is 2.25. The summed E-state index contributed by atoms with van der Waals surface area (Å²) < 4.78 is 5.38. The Hall–Kier alpha value is -0.810. The van der Waals surface area contributed by atoms with Crippen LogP contribution in [-0.4, -0.2) is 53.5 Å². The number of nitrogens with one attached hydrogen (secondary N) is 1. The summed E-state index contributed by atoms with van der Waals surface area (Å²) >= 11 is 0. The fraction of sp³-hybridized carbons (Fsp3) is 0.933. The normalized spacial score (nSPS) is 20.6. The summed E-state index contributed by atoms with van der Waals surface area (Å²) in [5.41, 5.74) is -0.433. The van der Waals surface area contributed by atoms with E-state index in [1.807, 2.05) is 27.7 Å². The molecule has 5 heteroatoms. The molecule has 1 saturated heterocycles. The van der Waals surface area contributed by atoms with E-state index in [0.29, 0.717) is 6.04 Å². The van der Waals surface area contributed by atoms with Crippen LogP contribution in [0.25, 0.3) is 0 Å². The van der Waals surface area contributed by atoms with E-state index < -0.39 is 5.60 Å². The van der Waals surface area contributed by atoms with Gasteiger partial charge in [-0.05, 0) is 46.5 Å². The molecular weight excluding hydrogens is 256 g/mol. The molecule has 0 saturated carbocycles. The molecule has 1 fully saturated rings. The zero-order chi connectivity index (χ0) is 15.3. The van der Waals surface area contributed by atoms with Crippen molar-refractivity contribution in [2.45, 2.75) is 65.1 Å². The molecule has 1 amide bonds. The van der Waals surface area contributed by atoms with Crippen molar-refractivity contribution >= 4 is 6.09 Å².